The van der Waals surface area contributed by atoms with E-state index >= 15 is 0 Å². The average Bonchev–Trinajstić information content (AvgIpc) is 3.11. The highest BCUT2D eigenvalue weighted by molar-refractivity contribution is 5.86. The number of piperidine rings is 1. The molecular formula is C23H33N3O3. The Morgan fingerprint density at radius 3 is 2.41 bits per heavy atom. The second kappa shape index (κ2) is 7.10. The third-order valence-corrected chi connectivity index (χ3v) is 7.37. The molecule has 0 unspecified atom stereocenters. The summed E-state index contributed by atoms with van der Waals surface area (Å²) in [5, 5.41) is 9.35. The van der Waals surface area contributed by atoms with E-state index in [0.717, 1.165) is 31.5 Å². The zero-order chi connectivity index (χ0) is 20.8. The zero-order valence-corrected chi connectivity index (χ0v) is 17.8. The highest BCUT2D eigenvalue weighted by Gasteiger charge is 2.77. The van der Waals surface area contributed by atoms with Crippen LogP contribution in [0.2, 0.25) is 0 Å². The molecule has 158 valence electrons. The third kappa shape index (κ3) is 3.26. The summed E-state index contributed by atoms with van der Waals surface area (Å²) in [6.07, 6.45) is 3.50. The average molecular weight is 400 g/mol. The normalized spacial score (nSPS) is 29.9. The van der Waals surface area contributed by atoms with Gasteiger partial charge in [-0.3, -0.25) is 9.59 Å². The topological polar surface area (TPSA) is 79.5 Å². The van der Waals surface area contributed by atoms with Crippen molar-refractivity contribution in [1.82, 2.24) is 16.0 Å². The minimum atomic E-state index is -0.447. The summed E-state index contributed by atoms with van der Waals surface area (Å²) in [5.74, 6) is 0.115. The van der Waals surface area contributed by atoms with E-state index < -0.39 is 16.6 Å². The molecule has 0 atom stereocenters. The molecule has 3 saturated heterocycles. The monoisotopic (exact) mass is 399 g/mol. The molecule has 29 heavy (non-hydrogen) atoms. The van der Waals surface area contributed by atoms with E-state index in [2.05, 4.69) is 41.9 Å². The molecule has 4 aliphatic rings. The molecule has 0 radical (unpaired) electrons. The molecule has 4 fully saturated rings. The van der Waals surface area contributed by atoms with Crippen LogP contribution in [0.4, 0.5) is 0 Å². The van der Waals surface area contributed by atoms with E-state index in [0.29, 0.717) is 25.8 Å². The molecule has 1 aromatic rings. The molecule has 1 aliphatic carbocycles. The van der Waals surface area contributed by atoms with Gasteiger partial charge < -0.3 is 20.7 Å². The lowest BCUT2D eigenvalue weighted by molar-refractivity contribution is -0.140. The number of benzene rings is 1. The molecule has 2 bridgehead atoms. The molecule has 1 aromatic carbocycles. The molecule has 0 aromatic heterocycles. The molecule has 2 amide bonds. The summed E-state index contributed by atoms with van der Waals surface area (Å²) >= 11 is 0. The van der Waals surface area contributed by atoms with Gasteiger partial charge in [-0.05, 0) is 49.8 Å². The number of hydrogen-bond donors (Lipinski definition) is 3. The van der Waals surface area contributed by atoms with Gasteiger partial charge in [0, 0.05) is 20.0 Å². The summed E-state index contributed by atoms with van der Waals surface area (Å²) in [5.41, 5.74) is -0.330. The zero-order valence-electron chi connectivity index (χ0n) is 17.8. The van der Waals surface area contributed by atoms with Crippen molar-refractivity contribution in [3.05, 3.63) is 35.9 Å². The first kappa shape index (κ1) is 20.4. The number of ether oxygens (including phenoxy) is 1. The second-order valence-electron chi connectivity index (χ2n) is 9.75. The van der Waals surface area contributed by atoms with Gasteiger partial charge >= 0.3 is 0 Å². The predicted octanol–water partition coefficient (Wildman–Crippen LogP) is 1.89. The molecule has 1 saturated carbocycles. The lowest BCUT2D eigenvalue weighted by Crippen LogP contribution is -2.61. The van der Waals surface area contributed by atoms with Gasteiger partial charge in [0.25, 0.3) is 0 Å². The Bertz CT molecular complexity index is 778. The van der Waals surface area contributed by atoms with E-state index in [1.165, 1.54) is 0 Å². The Kier molecular flexibility index (Phi) is 4.98. The highest BCUT2D eigenvalue weighted by atomic mass is 16.5. The van der Waals surface area contributed by atoms with Crippen LogP contribution in [-0.2, 0) is 19.7 Å². The van der Waals surface area contributed by atoms with Crippen molar-refractivity contribution in [3.8, 4) is 0 Å². The minimum absolute atomic E-state index is 0.0283. The number of rotatable bonds is 6. The number of amides is 2. The molecular weight excluding hydrogens is 366 g/mol. The maximum absolute atomic E-state index is 12.8. The second-order valence-corrected chi connectivity index (χ2v) is 9.75. The van der Waals surface area contributed by atoms with Gasteiger partial charge in [-0.15, -0.1) is 0 Å². The largest absolute Gasteiger partial charge is 0.365 e. The lowest BCUT2D eigenvalue weighted by Gasteiger charge is -2.47. The molecule has 3 aliphatic heterocycles. The van der Waals surface area contributed by atoms with Crippen molar-refractivity contribution < 1.29 is 14.3 Å². The van der Waals surface area contributed by atoms with E-state index in [4.69, 9.17) is 4.74 Å². The number of carbonyl (C=O) groups excluding carboxylic acids is 2. The fourth-order valence-corrected chi connectivity index (χ4v) is 5.85. The van der Waals surface area contributed by atoms with Crippen molar-refractivity contribution in [2.45, 2.75) is 62.6 Å². The van der Waals surface area contributed by atoms with E-state index in [1.807, 2.05) is 18.2 Å². The van der Waals surface area contributed by atoms with Gasteiger partial charge in [-0.25, -0.2) is 0 Å². The molecule has 5 rings (SSSR count). The minimum Gasteiger partial charge on any atom is -0.365 e. The summed E-state index contributed by atoms with van der Waals surface area (Å²) in [7, 11) is 1.71. The van der Waals surface area contributed by atoms with Crippen LogP contribution in [0, 0.1) is 5.41 Å². The Balaban J connectivity index is 1.41. The van der Waals surface area contributed by atoms with Crippen LogP contribution >= 0.6 is 0 Å². The van der Waals surface area contributed by atoms with Gasteiger partial charge in [0.05, 0.1) is 16.6 Å². The summed E-state index contributed by atoms with van der Waals surface area (Å²) in [6.45, 7) is 6.40. The maximum Gasteiger partial charge on any atom is 0.229 e. The molecule has 3 N–H and O–H groups in total. The fraction of sp³-hybridized carbons (Fsp3) is 0.652. The number of hydrogen-bond acceptors (Lipinski definition) is 4. The van der Waals surface area contributed by atoms with Crippen molar-refractivity contribution in [2.24, 2.45) is 5.41 Å². The van der Waals surface area contributed by atoms with Crippen molar-refractivity contribution in [2.75, 3.05) is 26.7 Å². The quantitative estimate of drug-likeness (QED) is 0.683. The van der Waals surface area contributed by atoms with Crippen LogP contribution in [0.3, 0.4) is 0 Å². The molecule has 1 spiro atoms. The fourth-order valence-electron chi connectivity index (χ4n) is 5.85. The predicted molar refractivity (Wildman–Crippen MR) is 111 cm³/mol. The van der Waals surface area contributed by atoms with Crippen molar-refractivity contribution in [3.63, 3.8) is 0 Å². The summed E-state index contributed by atoms with van der Waals surface area (Å²) in [6, 6.07) is 10.1. The van der Waals surface area contributed by atoms with Gasteiger partial charge in [0.1, 0.15) is 0 Å². The first-order valence-electron chi connectivity index (χ1n) is 10.7. The van der Waals surface area contributed by atoms with E-state index in [-0.39, 0.29) is 17.2 Å². The highest BCUT2D eigenvalue weighted by Crippen LogP contribution is 2.68. The number of carbonyl (C=O) groups is 2. The first-order valence-corrected chi connectivity index (χ1v) is 10.7. The van der Waals surface area contributed by atoms with Crippen molar-refractivity contribution >= 4 is 11.8 Å². The van der Waals surface area contributed by atoms with Crippen LogP contribution in [0.5, 0.6) is 0 Å². The Morgan fingerprint density at radius 1 is 1.14 bits per heavy atom. The summed E-state index contributed by atoms with van der Waals surface area (Å²) < 4.78 is 6.63. The van der Waals surface area contributed by atoms with Crippen LogP contribution in [0.15, 0.2) is 30.3 Å². The lowest BCUT2D eigenvalue weighted by atomic mass is 9.53. The summed E-state index contributed by atoms with van der Waals surface area (Å²) in [4.78, 5) is 25.5. The van der Waals surface area contributed by atoms with E-state index in [1.54, 1.807) is 7.05 Å². The third-order valence-electron chi connectivity index (χ3n) is 7.37. The smallest absolute Gasteiger partial charge is 0.229 e. The standard InChI is InChI=1S/C23H33N3O3/c1-20(2,17-7-5-4-6-8-17)13-18(27)26-16-21-14-22(15-21,19(28)24-3)23(29-21)9-11-25-12-10-23/h4-8,25H,9-16H2,1-3H3,(H,24,28)(H,26,27). The first-order chi connectivity index (χ1) is 13.8. The van der Waals surface area contributed by atoms with Crippen LogP contribution in [0.1, 0.15) is 51.5 Å². The number of nitrogens with one attached hydrogen (secondary N) is 3. The van der Waals surface area contributed by atoms with Crippen LogP contribution < -0.4 is 16.0 Å². The Hall–Kier alpha value is -1.92. The maximum atomic E-state index is 12.8. The molecule has 6 heteroatoms. The molecule has 6 nitrogen and oxygen atoms in total. The Morgan fingerprint density at radius 2 is 1.79 bits per heavy atom. The molecule has 3 heterocycles. The van der Waals surface area contributed by atoms with Gasteiger partial charge in [0.2, 0.25) is 11.8 Å². The van der Waals surface area contributed by atoms with Gasteiger partial charge in [-0.2, -0.15) is 0 Å². The van der Waals surface area contributed by atoms with Crippen LogP contribution in [0.25, 0.3) is 0 Å². The van der Waals surface area contributed by atoms with Gasteiger partial charge in [0.15, 0.2) is 0 Å². The Labute approximate surface area is 173 Å². The van der Waals surface area contributed by atoms with Crippen LogP contribution in [-0.4, -0.2) is 49.7 Å². The van der Waals surface area contributed by atoms with E-state index in [9.17, 15) is 9.59 Å². The van der Waals surface area contributed by atoms with Crippen molar-refractivity contribution in [1.29, 1.82) is 0 Å². The SMILES string of the molecule is CNC(=O)C12CC(CNC(=O)CC(C)(C)c3ccccc3)(C1)OC21CCNCC1. The van der Waals surface area contributed by atoms with Gasteiger partial charge in [-0.1, -0.05) is 44.2 Å².